The van der Waals surface area contributed by atoms with Gasteiger partial charge in [-0.15, -0.1) is 0 Å². The third kappa shape index (κ3) is 1.77. The molecule has 3 nitrogen and oxygen atoms in total. The number of hydrogen-bond acceptors (Lipinski definition) is 2. The maximum atomic E-state index is 10.1. The van der Waals surface area contributed by atoms with Gasteiger partial charge in [0.05, 0.1) is 13.7 Å². The number of aliphatic carboxylic acids is 1. The summed E-state index contributed by atoms with van der Waals surface area (Å²) in [5.41, 5.74) is 0. The van der Waals surface area contributed by atoms with Crippen LogP contribution in [0.4, 0.5) is 0 Å². The molecule has 42 valence electrons. The molecule has 0 bridgehead atoms. The number of carboxylic acids is 1. The van der Waals surface area contributed by atoms with Gasteiger partial charge in [-0.25, -0.2) is 0 Å². The molecule has 1 N–H and O–H groups in total. The molecule has 0 saturated heterocycles. The molecule has 0 aromatic heterocycles. The molecule has 0 aromatic carbocycles. The largest absolute Gasteiger partial charge is 0.481 e. The van der Waals surface area contributed by atoms with Crippen molar-refractivity contribution < 1.29 is 14.7 Å². The van der Waals surface area contributed by atoms with Crippen LogP contribution in [0.25, 0.3) is 0 Å². The first-order valence-corrected chi connectivity index (χ1v) is 2.04. The minimum atomic E-state index is -1.35. The van der Waals surface area contributed by atoms with Gasteiger partial charge in [-0.3, -0.25) is 9.59 Å². The Hall–Kier alpha value is -0.795. The Bertz CT molecular complexity index is 106. The molecule has 0 aliphatic carbocycles. The molecular formula is C4H5BO3. The van der Waals surface area contributed by atoms with E-state index in [1.165, 1.54) is 0 Å². The van der Waals surface area contributed by atoms with E-state index < -0.39 is 17.6 Å². The lowest BCUT2D eigenvalue weighted by Gasteiger charge is -1.96. The zero-order valence-electron chi connectivity index (χ0n) is 4.42. The lowest BCUT2D eigenvalue weighted by atomic mass is 9.84. The van der Waals surface area contributed by atoms with Gasteiger partial charge in [0.1, 0.15) is 5.78 Å². The normalized spacial score (nSPS) is 12.6. The maximum absolute atomic E-state index is 10.1. The highest BCUT2D eigenvalue weighted by atomic mass is 16.4. The predicted octanol–water partition coefficient (Wildman–Crippen LogP) is -0.383. The van der Waals surface area contributed by atoms with Crippen LogP contribution < -0.4 is 0 Å². The van der Waals surface area contributed by atoms with Gasteiger partial charge in [-0.1, -0.05) is 0 Å². The molecule has 1 atom stereocenters. The van der Waals surface area contributed by atoms with E-state index in [-0.39, 0.29) is 0 Å². The Kier molecular flexibility index (Phi) is 2.25. The molecule has 0 fully saturated rings. The van der Waals surface area contributed by atoms with Gasteiger partial charge < -0.3 is 5.11 Å². The standard InChI is InChI=1S/C4H5BO3/c1-2(6)3(5)4(7)8/h3H,1H3,(H,7,8). The molecule has 1 unspecified atom stereocenters. The molecule has 8 heavy (non-hydrogen) atoms. The van der Waals surface area contributed by atoms with Crippen molar-refractivity contribution in [2.24, 2.45) is 0 Å². The highest BCUT2D eigenvalue weighted by molar-refractivity contribution is 6.34. The number of rotatable bonds is 2. The van der Waals surface area contributed by atoms with E-state index >= 15 is 0 Å². The molecule has 0 aromatic rings. The average molecular weight is 112 g/mol. The first kappa shape index (κ1) is 7.20. The summed E-state index contributed by atoms with van der Waals surface area (Å²) in [6.07, 6.45) is 0. The molecule has 2 radical (unpaired) electrons. The number of carbonyl (C=O) groups is 2. The van der Waals surface area contributed by atoms with E-state index in [2.05, 4.69) is 0 Å². The minimum Gasteiger partial charge on any atom is -0.481 e. The number of carbonyl (C=O) groups excluding carboxylic acids is 1. The van der Waals surface area contributed by atoms with Gasteiger partial charge >= 0.3 is 5.97 Å². The van der Waals surface area contributed by atoms with Crippen molar-refractivity contribution in [1.82, 2.24) is 0 Å². The Labute approximate surface area is 48.1 Å². The lowest BCUT2D eigenvalue weighted by Crippen LogP contribution is -2.14. The van der Waals surface area contributed by atoms with Gasteiger partial charge in [0.15, 0.2) is 0 Å². The summed E-state index contributed by atoms with van der Waals surface area (Å²) < 4.78 is 0. The number of ketones is 1. The molecule has 0 saturated carbocycles. The van der Waals surface area contributed by atoms with Crippen LogP contribution in [-0.2, 0) is 9.59 Å². The quantitative estimate of drug-likeness (QED) is 0.391. The molecular weight excluding hydrogens is 107 g/mol. The first-order valence-electron chi connectivity index (χ1n) is 2.04. The second kappa shape index (κ2) is 2.50. The van der Waals surface area contributed by atoms with Gasteiger partial charge in [0, 0.05) is 0 Å². The Morgan fingerprint density at radius 1 is 1.62 bits per heavy atom. The number of carboxylic acid groups (broad SMARTS) is 1. The van der Waals surface area contributed by atoms with Gasteiger partial charge in [0.2, 0.25) is 0 Å². The maximum Gasteiger partial charge on any atom is 0.304 e. The van der Waals surface area contributed by atoms with E-state index in [1.807, 2.05) is 0 Å². The van der Waals surface area contributed by atoms with Crippen LogP contribution in [0, 0.1) is 0 Å². The Morgan fingerprint density at radius 2 is 2.00 bits per heavy atom. The van der Waals surface area contributed by atoms with E-state index in [1.54, 1.807) is 0 Å². The smallest absolute Gasteiger partial charge is 0.304 e. The third-order valence-corrected chi connectivity index (χ3v) is 0.704. The zero-order valence-corrected chi connectivity index (χ0v) is 4.42. The van der Waals surface area contributed by atoms with E-state index in [0.29, 0.717) is 0 Å². The molecule has 0 rings (SSSR count). The third-order valence-electron chi connectivity index (χ3n) is 0.704. The van der Waals surface area contributed by atoms with Crippen LogP contribution >= 0.6 is 0 Å². The lowest BCUT2D eigenvalue weighted by molar-refractivity contribution is -0.139. The van der Waals surface area contributed by atoms with Crippen LogP contribution in [0.15, 0.2) is 0 Å². The predicted molar refractivity (Wildman–Crippen MR) is 27.8 cm³/mol. The monoisotopic (exact) mass is 112 g/mol. The van der Waals surface area contributed by atoms with Crippen LogP contribution in [0.2, 0.25) is 5.82 Å². The SMILES string of the molecule is [B]C(C(C)=O)C(=O)O. The van der Waals surface area contributed by atoms with E-state index in [0.717, 1.165) is 6.92 Å². The van der Waals surface area contributed by atoms with Crippen molar-refractivity contribution in [3.05, 3.63) is 0 Å². The summed E-state index contributed by atoms with van der Waals surface area (Å²) in [5.74, 6) is -3.16. The topological polar surface area (TPSA) is 54.4 Å². The van der Waals surface area contributed by atoms with Crippen LogP contribution in [0.1, 0.15) is 6.92 Å². The van der Waals surface area contributed by atoms with Crippen molar-refractivity contribution in [3.63, 3.8) is 0 Å². The van der Waals surface area contributed by atoms with Crippen LogP contribution in [-0.4, -0.2) is 24.7 Å². The fourth-order valence-electron chi connectivity index (χ4n) is 0.174. The van der Waals surface area contributed by atoms with Gasteiger partial charge in [-0.05, 0) is 6.92 Å². The van der Waals surface area contributed by atoms with Crippen molar-refractivity contribution in [2.45, 2.75) is 12.7 Å². The van der Waals surface area contributed by atoms with E-state index in [4.69, 9.17) is 13.0 Å². The van der Waals surface area contributed by atoms with Gasteiger partial charge in [-0.2, -0.15) is 0 Å². The number of hydrogen-bond donors (Lipinski definition) is 1. The summed E-state index contributed by atoms with van der Waals surface area (Å²) in [5, 5.41) is 8.01. The molecule has 0 spiro atoms. The Balaban J connectivity index is 3.83. The highest BCUT2D eigenvalue weighted by Gasteiger charge is 2.13. The fraction of sp³-hybridized carbons (Fsp3) is 0.500. The van der Waals surface area contributed by atoms with Gasteiger partial charge in [0.25, 0.3) is 0 Å². The molecule has 0 aliphatic rings. The summed E-state index contributed by atoms with van der Waals surface area (Å²) >= 11 is 0. The minimum absolute atomic E-state index is 0.530. The summed E-state index contributed by atoms with van der Waals surface area (Å²) in [6, 6.07) is 0. The molecule has 0 heterocycles. The zero-order chi connectivity index (χ0) is 6.73. The van der Waals surface area contributed by atoms with E-state index in [9.17, 15) is 9.59 Å². The van der Waals surface area contributed by atoms with Crippen molar-refractivity contribution in [3.8, 4) is 0 Å². The van der Waals surface area contributed by atoms with Crippen LogP contribution in [0.3, 0.4) is 0 Å². The second-order valence-electron chi connectivity index (χ2n) is 1.43. The molecule has 0 amide bonds. The van der Waals surface area contributed by atoms with Crippen molar-refractivity contribution in [2.75, 3.05) is 0 Å². The summed E-state index contributed by atoms with van der Waals surface area (Å²) in [7, 11) is 4.81. The summed E-state index contributed by atoms with van der Waals surface area (Å²) in [4.78, 5) is 19.9. The average Bonchev–Trinajstić information content (AvgIpc) is 1.64. The number of Topliss-reactive ketones (excluding diaryl/α,β-unsaturated/α-hetero) is 1. The molecule has 4 heteroatoms. The fourth-order valence-corrected chi connectivity index (χ4v) is 0.174. The second-order valence-corrected chi connectivity index (χ2v) is 1.43. The van der Waals surface area contributed by atoms with Crippen molar-refractivity contribution >= 4 is 19.6 Å². The molecule has 0 aliphatic heterocycles. The van der Waals surface area contributed by atoms with Crippen LogP contribution in [0.5, 0.6) is 0 Å². The highest BCUT2D eigenvalue weighted by Crippen LogP contribution is 1.97. The first-order chi connectivity index (χ1) is 3.55. The van der Waals surface area contributed by atoms with Crippen molar-refractivity contribution in [1.29, 1.82) is 0 Å². The Morgan fingerprint density at radius 3 is 2.00 bits per heavy atom. The summed E-state index contributed by atoms with van der Waals surface area (Å²) in [6.45, 7) is 1.14.